The van der Waals surface area contributed by atoms with Gasteiger partial charge >= 0.3 is 0 Å². The minimum absolute atomic E-state index is 0.138. The van der Waals surface area contributed by atoms with Gasteiger partial charge in [-0.2, -0.15) is 10.2 Å². The molecule has 1 aliphatic heterocycles. The Hall–Kier alpha value is -1.49. The molecule has 1 N–H and O–H groups in total. The van der Waals surface area contributed by atoms with Gasteiger partial charge in [0.15, 0.2) is 0 Å². The first-order valence-electron chi connectivity index (χ1n) is 7.98. The molecule has 0 aromatic carbocycles. The summed E-state index contributed by atoms with van der Waals surface area (Å²) in [4.78, 5) is 15.0. The number of aromatic nitrogens is 2. The van der Waals surface area contributed by atoms with Gasteiger partial charge in [-0.3, -0.25) is 4.79 Å². The zero-order valence-corrected chi connectivity index (χ0v) is 12.9. The van der Waals surface area contributed by atoms with Crippen molar-refractivity contribution in [2.75, 3.05) is 19.6 Å². The van der Waals surface area contributed by atoms with Gasteiger partial charge in [-0.05, 0) is 64.6 Å². The van der Waals surface area contributed by atoms with Gasteiger partial charge in [-0.15, -0.1) is 0 Å². The number of hydrogen-bond donors (Lipinski definition) is 1. The fraction of sp³-hybridized carbons (Fsp3) is 0.688. The molecule has 0 spiro atoms. The molecule has 1 amide bonds. The van der Waals surface area contributed by atoms with Crippen LogP contribution in [0.25, 0.3) is 0 Å². The van der Waals surface area contributed by atoms with Crippen LogP contribution in [0.3, 0.4) is 0 Å². The van der Waals surface area contributed by atoms with Gasteiger partial charge in [-0.25, -0.2) is 0 Å². The fourth-order valence-electron chi connectivity index (χ4n) is 3.06. The van der Waals surface area contributed by atoms with E-state index in [9.17, 15) is 4.79 Å². The zero-order valence-electron chi connectivity index (χ0n) is 12.9. The van der Waals surface area contributed by atoms with E-state index in [0.717, 1.165) is 49.4 Å². The molecule has 5 heteroatoms. The molecule has 1 saturated carbocycles. The van der Waals surface area contributed by atoms with E-state index in [1.54, 1.807) is 0 Å². The van der Waals surface area contributed by atoms with Gasteiger partial charge in [0.2, 0.25) is 0 Å². The van der Waals surface area contributed by atoms with Crippen LogP contribution >= 0.6 is 0 Å². The number of nitrogens with one attached hydrogen (secondary N) is 1. The summed E-state index contributed by atoms with van der Waals surface area (Å²) in [5.41, 5.74) is 2.26. The van der Waals surface area contributed by atoms with E-state index in [1.165, 1.54) is 12.8 Å². The number of nitrogens with zero attached hydrogens (tertiary/aromatic N) is 3. The average molecular weight is 288 g/mol. The Labute approximate surface area is 126 Å². The number of rotatable bonds is 4. The largest absolute Gasteiger partial charge is 0.335 e. The summed E-state index contributed by atoms with van der Waals surface area (Å²) in [6.45, 7) is 6.77. The number of piperidine rings is 1. The monoisotopic (exact) mass is 288 g/mol. The second-order valence-electron chi connectivity index (χ2n) is 6.39. The maximum absolute atomic E-state index is 12.9. The van der Waals surface area contributed by atoms with Crippen molar-refractivity contribution in [1.29, 1.82) is 0 Å². The average Bonchev–Trinajstić information content (AvgIpc) is 3.32. The van der Waals surface area contributed by atoms with E-state index < -0.39 is 0 Å². The first-order valence-corrected chi connectivity index (χ1v) is 7.98. The van der Waals surface area contributed by atoms with Crippen LogP contribution in [0.15, 0.2) is 6.07 Å². The predicted octanol–water partition coefficient (Wildman–Crippen LogP) is 1.70. The molecule has 0 bridgehead atoms. The second kappa shape index (κ2) is 6.10. The Kier molecular flexibility index (Phi) is 4.19. The Bertz CT molecular complexity index is 521. The number of hydrogen-bond acceptors (Lipinski definition) is 4. The van der Waals surface area contributed by atoms with Crippen LogP contribution in [0.5, 0.6) is 0 Å². The van der Waals surface area contributed by atoms with Gasteiger partial charge < -0.3 is 10.2 Å². The summed E-state index contributed by atoms with van der Waals surface area (Å²) in [7, 11) is 0. The van der Waals surface area contributed by atoms with Crippen LogP contribution in [0.2, 0.25) is 0 Å². The minimum atomic E-state index is 0.138. The number of aryl methyl sites for hydroxylation is 2. The quantitative estimate of drug-likeness (QED) is 0.916. The summed E-state index contributed by atoms with van der Waals surface area (Å²) in [6, 6.07) is 2.31. The second-order valence-corrected chi connectivity index (χ2v) is 6.39. The summed E-state index contributed by atoms with van der Waals surface area (Å²) >= 11 is 0. The zero-order chi connectivity index (χ0) is 14.8. The molecule has 2 heterocycles. The normalized spacial score (nSPS) is 22.1. The van der Waals surface area contributed by atoms with Gasteiger partial charge in [0.05, 0.1) is 17.0 Å². The van der Waals surface area contributed by atoms with E-state index in [0.29, 0.717) is 12.0 Å². The molecule has 1 aromatic heterocycles. The highest BCUT2D eigenvalue weighted by Gasteiger charge is 2.35. The first kappa shape index (κ1) is 14.4. The number of amides is 1. The van der Waals surface area contributed by atoms with Crippen molar-refractivity contribution in [3.63, 3.8) is 0 Å². The first-order chi connectivity index (χ1) is 10.1. The molecule has 1 aromatic rings. The van der Waals surface area contributed by atoms with Crippen molar-refractivity contribution < 1.29 is 4.79 Å². The Morgan fingerprint density at radius 1 is 1.33 bits per heavy atom. The van der Waals surface area contributed by atoms with Gasteiger partial charge in [0.25, 0.3) is 5.91 Å². The summed E-state index contributed by atoms with van der Waals surface area (Å²) < 4.78 is 0. The van der Waals surface area contributed by atoms with Crippen LogP contribution in [-0.4, -0.2) is 46.7 Å². The van der Waals surface area contributed by atoms with Crippen LogP contribution in [-0.2, 0) is 0 Å². The molecule has 1 saturated heterocycles. The molecule has 1 unspecified atom stereocenters. The molecule has 0 radical (unpaired) electrons. The van der Waals surface area contributed by atoms with Gasteiger partial charge in [0.1, 0.15) is 0 Å². The van der Waals surface area contributed by atoms with E-state index >= 15 is 0 Å². The van der Waals surface area contributed by atoms with Crippen LogP contribution in [0.1, 0.15) is 47.4 Å². The molecule has 3 rings (SSSR count). The SMILES string of the molecule is Cc1cc(C(=O)N(CC2CCCNC2)C2CC2)c(C)nn1. The molecular formula is C16H24N4O. The standard InChI is InChI=1S/C16H24N4O/c1-11-8-15(12(2)19-18-11)16(21)20(14-5-6-14)10-13-4-3-7-17-9-13/h8,13-14,17H,3-7,9-10H2,1-2H3. The van der Waals surface area contributed by atoms with E-state index in [-0.39, 0.29) is 5.91 Å². The topological polar surface area (TPSA) is 58.1 Å². The third-order valence-electron chi connectivity index (χ3n) is 4.43. The molecular weight excluding hydrogens is 264 g/mol. The Balaban J connectivity index is 1.76. The molecule has 114 valence electrons. The molecule has 1 aliphatic carbocycles. The highest BCUT2D eigenvalue weighted by atomic mass is 16.2. The molecule has 2 fully saturated rings. The van der Waals surface area contributed by atoms with E-state index in [2.05, 4.69) is 20.4 Å². The minimum Gasteiger partial charge on any atom is -0.335 e. The lowest BCUT2D eigenvalue weighted by Gasteiger charge is -2.30. The molecule has 1 atom stereocenters. The lowest BCUT2D eigenvalue weighted by atomic mass is 9.98. The lowest BCUT2D eigenvalue weighted by molar-refractivity contribution is 0.0702. The Morgan fingerprint density at radius 2 is 2.14 bits per heavy atom. The predicted molar refractivity (Wildman–Crippen MR) is 81.2 cm³/mol. The van der Waals surface area contributed by atoms with Crippen molar-refractivity contribution in [2.24, 2.45) is 5.92 Å². The lowest BCUT2D eigenvalue weighted by Crippen LogP contribution is -2.42. The van der Waals surface area contributed by atoms with Gasteiger partial charge in [0, 0.05) is 12.6 Å². The van der Waals surface area contributed by atoms with E-state index in [1.807, 2.05) is 19.9 Å². The summed E-state index contributed by atoms with van der Waals surface area (Å²) in [6.07, 6.45) is 4.72. The third kappa shape index (κ3) is 3.40. The van der Waals surface area contributed by atoms with Crippen LogP contribution in [0, 0.1) is 19.8 Å². The van der Waals surface area contributed by atoms with Crippen LogP contribution < -0.4 is 5.32 Å². The van der Waals surface area contributed by atoms with Crippen LogP contribution in [0.4, 0.5) is 0 Å². The maximum Gasteiger partial charge on any atom is 0.256 e. The van der Waals surface area contributed by atoms with Crippen molar-refractivity contribution in [3.05, 3.63) is 23.0 Å². The number of carbonyl (C=O) groups excluding carboxylic acids is 1. The van der Waals surface area contributed by atoms with Crippen molar-refractivity contribution in [1.82, 2.24) is 20.4 Å². The van der Waals surface area contributed by atoms with Crippen molar-refractivity contribution in [3.8, 4) is 0 Å². The van der Waals surface area contributed by atoms with E-state index in [4.69, 9.17) is 0 Å². The fourth-order valence-corrected chi connectivity index (χ4v) is 3.06. The number of carbonyl (C=O) groups is 1. The summed E-state index contributed by atoms with van der Waals surface area (Å²) in [5, 5.41) is 11.6. The third-order valence-corrected chi connectivity index (χ3v) is 4.43. The smallest absolute Gasteiger partial charge is 0.256 e. The molecule has 5 nitrogen and oxygen atoms in total. The van der Waals surface area contributed by atoms with Crippen molar-refractivity contribution in [2.45, 2.75) is 45.6 Å². The maximum atomic E-state index is 12.9. The molecule has 21 heavy (non-hydrogen) atoms. The Morgan fingerprint density at radius 3 is 2.81 bits per heavy atom. The van der Waals surface area contributed by atoms with Crippen molar-refractivity contribution >= 4 is 5.91 Å². The highest BCUT2D eigenvalue weighted by molar-refractivity contribution is 5.95. The highest BCUT2D eigenvalue weighted by Crippen LogP contribution is 2.30. The van der Waals surface area contributed by atoms with Gasteiger partial charge in [-0.1, -0.05) is 0 Å². The molecule has 2 aliphatic rings. The summed E-state index contributed by atoms with van der Waals surface area (Å²) in [5.74, 6) is 0.720.